The molecule has 16 rings (SSSR count). The normalized spacial score (nSPS) is 14.1. The van der Waals surface area contributed by atoms with Crippen LogP contribution in [-0.4, -0.2) is 24.1 Å². The van der Waals surface area contributed by atoms with Gasteiger partial charge in [0.1, 0.15) is 0 Å². The fourth-order valence-corrected chi connectivity index (χ4v) is 15.8. The SMILES string of the molecule is CC(C)(C)c1cc(-c2nc(-c3cc(C(C)(C)C)cc(C(C)(C)C)c3)nc(-c3ccc(-n4c5ccccc5c5cc6c(cc54)C(C)(C)c4ccccc4-6)c(-c4ccc(-c5ccc(C#N)cc5)cc4-n4c5ccccc5c5cc6c(cc54)C(C)(C)c4ccccc4-6)c3)n2)cc(C(C)(C)C)c1. The largest absolute Gasteiger partial charge is 0.309 e. The minimum Gasteiger partial charge on any atom is -0.309 e. The number of nitriles is 1. The van der Waals surface area contributed by atoms with Crippen LogP contribution in [0, 0.1) is 11.3 Å². The number of aromatic nitrogens is 5. The second kappa shape index (κ2) is 21.8. The first-order valence-corrected chi connectivity index (χ1v) is 34.8. The lowest BCUT2D eigenvalue weighted by Crippen LogP contribution is -2.17. The minimum absolute atomic E-state index is 0.153. The van der Waals surface area contributed by atoms with Crippen LogP contribution >= 0.6 is 0 Å². The smallest absolute Gasteiger partial charge is 0.164 e. The fraction of sp³-hybridized carbons (Fsp3) is 0.239. The molecule has 11 aromatic carbocycles. The van der Waals surface area contributed by atoms with Crippen LogP contribution in [0.15, 0.2) is 218 Å². The van der Waals surface area contributed by atoms with Crippen molar-refractivity contribution in [3.8, 4) is 96.1 Å². The predicted molar refractivity (Wildman–Crippen MR) is 410 cm³/mol. The van der Waals surface area contributed by atoms with E-state index in [4.69, 9.17) is 15.0 Å². The van der Waals surface area contributed by atoms with Gasteiger partial charge in [-0.25, -0.2) is 15.0 Å². The summed E-state index contributed by atoms with van der Waals surface area (Å²) in [6.45, 7) is 37.0. The third-order valence-electron chi connectivity index (χ3n) is 21.6. The van der Waals surface area contributed by atoms with Crippen LogP contribution in [0.2, 0.25) is 0 Å². The molecule has 98 heavy (non-hydrogen) atoms. The highest BCUT2D eigenvalue weighted by Crippen LogP contribution is 2.54. The molecule has 0 saturated heterocycles. The number of rotatable bonds is 7. The lowest BCUT2D eigenvalue weighted by atomic mass is 9.79. The van der Waals surface area contributed by atoms with Crippen molar-refractivity contribution in [1.29, 1.82) is 5.26 Å². The Balaban J connectivity index is 1.04. The quantitative estimate of drug-likeness (QED) is 0.159. The van der Waals surface area contributed by atoms with Crippen molar-refractivity contribution in [2.24, 2.45) is 0 Å². The molecule has 0 atom stereocenters. The first-order valence-electron chi connectivity index (χ1n) is 34.8. The Morgan fingerprint density at radius 2 is 0.694 bits per heavy atom. The van der Waals surface area contributed by atoms with Crippen LogP contribution in [0.25, 0.3) is 134 Å². The van der Waals surface area contributed by atoms with E-state index in [2.05, 4.69) is 332 Å². The van der Waals surface area contributed by atoms with Gasteiger partial charge in [0.15, 0.2) is 17.5 Å². The molecule has 3 heterocycles. The molecule has 0 amide bonds. The molecule has 3 aromatic heterocycles. The molecule has 0 bridgehead atoms. The number of benzene rings is 11. The molecule has 6 nitrogen and oxygen atoms in total. The number of hydrogen-bond donors (Lipinski definition) is 0. The zero-order chi connectivity index (χ0) is 68.5. The summed E-state index contributed by atoms with van der Waals surface area (Å²) in [7, 11) is 0. The molecule has 0 unspecified atom stereocenters. The third kappa shape index (κ3) is 9.97. The molecular formula is C92H84N6. The average Bonchev–Trinajstić information content (AvgIpc) is 1.56. The first-order chi connectivity index (χ1) is 46.5. The molecule has 0 fully saturated rings. The second-order valence-electron chi connectivity index (χ2n) is 32.9. The Morgan fingerprint density at radius 3 is 1.14 bits per heavy atom. The lowest BCUT2D eigenvalue weighted by molar-refractivity contribution is 0.568. The maximum atomic E-state index is 10.1. The van der Waals surface area contributed by atoms with Gasteiger partial charge < -0.3 is 9.13 Å². The van der Waals surface area contributed by atoms with Gasteiger partial charge in [-0.05, 0) is 197 Å². The second-order valence-corrected chi connectivity index (χ2v) is 32.9. The number of para-hydroxylation sites is 2. The summed E-state index contributed by atoms with van der Waals surface area (Å²) < 4.78 is 5.06. The van der Waals surface area contributed by atoms with E-state index in [1.54, 1.807) is 0 Å². The summed E-state index contributed by atoms with van der Waals surface area (Å²) in [6.07, 6.45) is 0. The number of nitrogens with zero attached hydrogens (tertiary/aromatic N) is 6. The van der Waals surface area contributed by atoms with Gasteiger partial charge in [0.25, 0.3) is 0 Å². The highest BCUT2D eigenvalue weighted by Gasteiger charge is 2.39. The predicted octanol–water partition coefficient (Wildman–Crippen LogP) is 24.1. The Morgan fingerprint density at radius 1 is 0.296 bits per heavy atom. The van der Waals surface area contributed by atoms with Gasteiger partial charge in [-0.2, -0.15) is 5.26 Å². The molecule has 2 aliphatic rings. The molecule has 482 valence electrons. The van der Waals surface area contributed by atoms with Crippen molar-refractivity contribution in [1.82, 2.24) is 24.1 Å². The van der Waals surface area contributed by atoms with Gasteiger partial charge >= 0.3 is 0 Å². The first kappa shape index (κ1) is 62.3. The van der Waals surface area contributed by atoms with E-state index in [0.29, 0.717) is 23.0 Å². The average molecular weight is 1270 g/mol. The zero-order valence-electron chi connectivity index (χ0n) is 59.5. The summed E-state index contributed by atoms with van der Waals surface area (Å²) in [5, 5.41) is 14.8. The van der Waals surface area contributed by atoms with Crippen LogP contribution in [0.4, 0.5) is 0 Å². The fourth-order valence-electron chi connectivity index (χ4n) is 15.8. The van der Waals surface area contributed by atoms with Crippen molar-refractivity contribution in [3.05, 3.63) is 268 Å². The summed E-state index contributed by atoms with van der Waals surface area (Å²) >= 11 is 0. The summed E-state index contributed by atoms with van der Waals surface area (Å²) in [5.74, 6) is 1.83. The highest BCUT2D eigenvalue weighted by atomic mass is 15.0. The number of fused-ring (bicyclic) bond motifs is 12. The minimum atomic E-state index is -0.254. The highest BCUT2D eigenvalue weighted by molar-refractivity contribution is 6.14. The van der Waals surface area contributed by atoms with Crippen LogP contribution in [0.3, 0.4) is 0 Å². The molecule has 0 spiro atoms. The van der Waals surface area contributed by atoms with Crippen LogP contribution < -0.4 is 0 Å². The van der Waals surface area contributed by atoms with Crippen LogP contribution in [0.1, 0.15) is 161 Å². The van der Waals surface area contributed by atoms with Crippen molar-refractivity contribution in [2.75, 3.05) is 0 Å². The van der Waals surface area contributed by atoms with Gasteiger partial charge in [-0.1, -0.05) is 232 Å². The standard InChI is InChI=1S/C92H84N6/c1-87(2,3)60-41-58(42-61(47-60)88(4,5)6)85-94-84(95-86(96-85)59-43-62(89(7,8)9)48-63(44-59)90(10,11)12)57-38-40-80(97-78-31-23-19-27-66(78)72-49-69-64-25-17-21-29-74(64)91(13,14)76(69)51-82(72)97)71(45-57)68-39-37-56(55-35-33-54(53-93)34-36-55)46-81(68)98-79-32-24-20-28-67(79)73-50-70-65-26-18-22-30-75(65)92(15,16)77(70)52-83(73)98/h17-52H,1-16H3. The third-order valence-corrected chi connectivity index (χ3v) is 21.6. The maximum Gasteiger partial charge on any atom is 0.164 e. The maximum absolute atomic E-state index is 10.1. The van der Waals surface area contributed by atoms with E-state index in [1.807, 2.05) is 12.1 Å². The van der Waals surface area contributed by atoms with Crippen molar-refractivity contribution in [2.45, 2.75) is 143 Å². The Bertz CT molecular complexity index is 5570. The van der Waals surface area contributed by atoms with Gasteiger partial charge in [0.05, 0.1) is 45.1 Å². The lowest BCUT2D eigenvalue weighted by Gasteiger charge is -2.26. The van der Waals surface area contributed by atoms with Crippen molar-refractivity contribution >= 4 is 43.6 Å². The molecule has 6 heteroatoms. The van der Waals surface area contributed by atoms with E-state index in [0.717, 1.165) is 72.4 Å². The summed E-state index contributed by atoms with van der Waals surface area (Å²) in [5.41, 5.74) is 28.2. The molecule has 0 N–H and O–H groups in total. The van der Waals surface area contributed by atoms with E-state index in [9.17, 15) is 5.26 Å². The Hall–Kier alpha value is -10.5. The molecule has 14 aromatic rings. The number of hydrogen-bond acceptors (Lipinski definition) is 4. The van der Waals surface area contributed by atoms with Gasteiger partial charge in [0, 0.05) is 60.2 Å². The van der Waals surface area contributed by atoms with Gasteiger partial charge in [-0.3, -0.25) is 0 Å². The van der Waals surface area contributed by atoms with Gasteiger partial charge in [-0.15, -0.1) is 0 Å². The van der Waals surface area contributed by atoms with E-state index >= 15 is 0 Å². The van der Waals surface area contributed by atoms with Crippen LogP contribution in [0.5, 0.6) is 0 Å². The molecule has 0 radical (unpaired) electrons. The monoisotopic (exact) mass is 1270 g/mol. The Kier molecular flexibility index (Phi) is 13.8. The van der Waals surface area contributed by atoms with E-state index < -0.39 is 0 Å². The molecule has 0 saturated carbocycles. The van der Waals surface area contributed by atoms with E-state index in [-0.39, 0.29) is 32.5 Å². The summed E-state index contributed by atoms with van der Waals surface area (Å²) in [6, 6.07) is 84.0. The molecular weight excluding hydrogens is 1190 g/mol. The summed E-state index contributed by atoms with van der Waals surface area (Å²) in [4.78, 5) is 17.0. The van der Waals surface area contributed by atoms with Crippen molar-refractivity contribution < 1.29 is 0 Å². The van der Waals surface area contributed by atoms with Crippen LogP contribution in [-0.2, 0) is 32.5 Å². The topological polar surface area (TPSA) is 72.3 Å². The molecule has 0 aliphatic heterocycles. The van der Waals surface area contributed by atoms with Gasteiger partial charge in [0.2, 0.25) is 0 Å². The van der Waals surface area contributed by atoms with Crippen molar-refractivity contribution in [3.63, 3.8) is 0 Å². The Labute approximate surface area is 577 Å². The van der Waals surface area contributed by atoms with E-state index in [1.165, 1.54) is 88.3 Å². The zero-order valence-corrected chi connectivity index (χ0v) is 59.5. The molecule has 2 aliphatic carbocycles.